The van der Waals surface area contributed by atoms with Crippen molar-refractivity contribution in [3.8, 4) is 33.6 Å². The van der Waals surface area contributed by atoms with Crippen LogP contribution in [-0.2, 0) is 5.41 Å². The Morgan fingerprint density at radius 2 is 1.17 bits per heavy atom. The molecule has 7 aromatic carbocycles. The van der Waals surface area contributed by atoms with Crippen LogP contribution in [0.3, 0.4) is 0 Å². The van der Waals surface area contributed by atoms with Crippen LogP contribution in [0.2, 0.25) is 0 Å². The summed E-state index contributed by atoms with van der Waals surface area (Å²) in [6, 6.07) is 61.6. The van der Waals surface area contributed by atoms with Gasteiger partial charge in [0.1, 0.15) is 0 Å². The van der Waals surface area contributed by atoms with E-state index in [1.54, 1.807) is 0 Å². The van der Waals surface area contributed by atoms with Crippen LogP contribution >= 0.6 is 0 Å². The lowest BCUT2D eigenvalue weighted by molar-refractivity contribution is 0.660. The van der Waals surface area contributed by atoms with Gasteiger partial charge < -0.3 is 4.90 Å². The summed E-state index contributed by atoms with van der Waals surface area (Å²) < 4.78 is 2.14. The fraction of sp³-hybridized carbons (Fsp3) is 0.0816. The lowest BCUT2D eigenvalue weighted by Gasteiger charge is -2.28. The van der Waals surface area contributed by atoms with Crippen molar-refractivity contribution < 1.29 is 0 Å². The van der Waals surface area contributed by atoms with Gasteiger partial charge in [-0.05, 0) is 76.3 Å². The van der Waals surface area contributed by atoms with Gasteiger partial charge in [-0.15, -0.1) is 0 Å². The lowest BCUT2D eigenvalue weighted by atomic mass is 9.82. The van der Waals surface area contributed by atoms with Gasteiger partial charge in [0.2, 0.25) is 0 Å². The second-order valence-corrected chi connectivity index (χ2v) is 14.5. The number of pyridine rings is 1. The van der Waals surface area contributed by atoms with Crippen LogP contribution in [0.5, 0.6) is 0 Å². The third-order valence-corrected chi connectivity index (χ3v) is 11.2. The topological polar surface area (TPSA) is 20.5 Å². The largest absolute Gasteiger partial charge is 0.310 e. The molecule has 2 aromatic heterocycles. The molecule has 3 heteroatoms. The number of rotatable bonds is 5. The molecule has 0 radical (unpaired) electrons. The number of benzene rings is 7. The second-order valence-electron chi connectivity index (χ2n) is 14.5. The van der Waals surface area contributed by atoms with Gasteiger partial charge in [0, 0.05) is 44.3 Å². The van der Waals surface area contributed by atoms with Gasteiger partial charge in [0.25, 0.3) is 0 Å². The molecular formula is C49H37N3. The summed E-state index contributed by atoms with van der Waals surface area (Å²) in [5.41, 5.74) is 15.4. The number of nitrogens with zero attached hydrogens (tertiary/aromatic N) is 3. The zero-order valence-electron chi connectivity index (χ0n) is 29.5. The number of hydrogen-bond donors (Lipinski definition) is 0. The Hall–Kier alpha value is -6.45. The molecule has 248 valence electrons. The Morgan fingerprint density at radius 3 is 2.00 bits per heavy atom. The standard InChI is InChI=1S/C49H37N3/c1-32-47(50-52-46(34-15-5-4-6-16-34)30-36-17-8-10-20-40(36)48(32)52)35-24-26-37(27-25-35)51(45-23-13-18-33-14-7-9-19-39(33)45)38-28-29-44-42(31-38)41-21-11-12-22-43(41)49(44,2)3/h4-31H,1-3H3. The van der Waals surface area contributed by atoms with Gasteiger partial charge in [-0.2, -0.15) is 5.10 Å². The third kappa shape index (κ3) is 4.56. The highest BCUT2D eigenvalue weighted by Gasteiger charge is 2.35. The molecule has 0 saturated heterocycles. The first-order chi connectivity index (χ1) is 25.5. The monoisotopic (exact) mass is 667 g/mol. The van der Waals surface area contributed by atoms with Crippen molar-refractivity contribution in [2.75, 3.05) is 4.90 Å². The summed E-state index contributed by atoms with van der Waals surface area (Å²) >= 11 is 0. The van der Waals surface area contributed by atoms with E-state index in [0.29, 0.717) is 0 Å². The maximum absolute atomic E-state index is 5.32. The molecule has 0 bridgehead atoms. The number of anilines is 3. The zero-order valence-corrected chi connectivity index (χ0v) is 29.5. The van der Waals surface area contributed by atoms with Crippen molar-refractivity contribution in [2.24, 2.45) is 0 Å². The average molecular weight is 668 g/mol. The Kier molecular flexibility index (Phi) is 6.74. The minimum Gasteiger partial charge on any atom is -0.310 e. The molecule has 10 rings (SSSR count). The summed E-state index contributed by atoms with van der Waals surface area (Å²) in [4.78, 5) is 2.41. The van der Waals surface area contributed by atoms with Gasteiger partial charge >= 0.3 is 0 Å². The van der Waals surface area contributed by atoms with Gasteiger partial charge in [-0.25, -0.2) is 4.52 Å². The van der Waals surface area contributed by atoms with E-state index in [2.05, 4.69) is 200 Å². The van der Waals surface area contributed by atoms with E-state index < -0.39 is 0 Å². The van der Waals surface area contributed by atoms with E-state index in [9.17, 15) is 0 Å². The van der Waals surface area contributed by atoms with Crippen molar-refractivity contribution in [3.63, 3.8) is 0 Å². The minimum atomic E-state index is -0.0476. The maximum atomic E-state index is 5.32. The number of aryl methyl sites for hydroxylation is 1. The summed E-state index contributed by atoms with van der Waals surface area (Å²) in [5, 5.41) is 10.2. The quantitative estimate of drug-likeness (QED) is 0.182. The van der Waals surface area contributed by atoms with E-state index in [4.69, 9.17) is 5.10 Å². The normalized spacial score (nSPS) is 13.1. The Labute approximate surface area is 304 Å². The van der Waals surface area contributed by atoms with Crippen molar-refractivity contribution in [1.82, 2.24) is 9.61 Å². The van der Waals surface area contributed by atoms with Crippen LogP contribution in [-0.4, -0.2) is 9.61 Å². The molecular weight excluding hydrogens is 631 g/mol. The molecule has 0 fully saturated rings. The van der Waals surface area contributed by atoms with E-state index >= 15 is 0 Å². The molecule has 0 amide bonds. The molecule has 0 N–H and O–H groups in total. The van der Waals surface area contributed by atoms with Crippen LogP contribution in [0.25, 0.3) is 60.7 Å². The summed E-state index contributed by atoms with van der Waals surface area (Å²) in [6.07, 6.45) is 0. The van der Waals surface area contributed by atoms with Gasteiger partial charge in [-0.1, -0.05) is 147 Å². The minimum absolute atomic E-state index is 0.0476. The third-order valence-electron chi connectivity index (χ3n) is 11.2. The number of aromatic nitrogens is 2. The Balaban J connectivity index is 1.14. The molecule has 0 spiro atoms. The fourth-order valence-electron chi connectivity index (χ4n) is 8.57. The van der Waals surface area contributed by atoms with Crippen molar-refractivity contribution in [2.45, 2.75) is 26.2 Å². The smallest absolute Gasteiger partial charge is 0.0963 e. The average Bonchev–Trinajstić information content (AvgIpc) is 3.66. The molecule has 1 aliphatic rings. The van der Waals surface area contributed by atoms with Crippen LogP contribution < -0.4 is 4.90 Å². The van der Waals surface area contributed by atoms with E-state index in [0.717, 1.165) is 45.1 Å². The fourth-order valence-corrected chi connectivity index (χ4v) is 8.57. The van der Waals surface area contributed by atoms with Gasteiger partial charge in [0.15, 0.2) is 0 Å². The van der Waals surface area contributed by atoms with Gasteiger partial charge in [0.05, 0.1) is 22.6 Å². The molecule has 1 aliphatic carbocycles. The SMILES string of the molecule is Cc1c(-c2ccc(N(c3ccc4c(c3)-c3ccccc3C4(C)C)c3cccc4ccccc34)cc2)nn2c(-c3ccccc3)cc3ccccc3c12. The van der Waals surface area contributed by atoms with Gasteiger partial charge in [-0.3, -0.25) is 0 Å². The van der Waals surface area contributed by atoms with Crippen LogP contribution in [0.4, 0.5) is 17.1 Å². The highest BCUT2D eigenvalue weighted by Crippen LogP contribution is 2.51. The number of hydrogen-bond acceptors (Lipinski definition) is 2. The molecule has 9 aromatic rings. The first-order valence-electron chi connectivity index (χ1n) is 18.1. The van der Waals surface area contributed by atoms with E-state index in [1.807, 2.05) is 0 Å². The van der Waals surface area contributed by atoms with Crippen molar-refractivity contribution in [1.29, 1.82) is 0 Å². The Bertz CT molecular complexity index is 2820. The predicted octanol–water partition coefficient (Wildman–Crippen LogP) is 13.1. The summed E-state index contributed by atoms with van der Waals surface area (Å²) in [7, 11) is 0. The summed E-state index contributed by atoms with van der Waals surface area (Å²) in [5.74, 6) is 0. The van der Waals surface area contributed by atoms with Crippen LogP contribution in [0, 0.1) is 6.92 Å². The Morgan fingerprint density at radius 1 is 0.519 bits per heavy atom. The van der Waals surface area contributed by atoms with Crippen molar-refractivity contribution >= 4 is 44.1 Å². The molecule has 0 atom stereocenters. The van der Waals surface area contributed by atoms with E-state index in [1.165, 1.54) is 49.4 Å². The highest BCUT2D eigenvalue weighted by atomic mass is 15.2. The maximum Gasteiger partial charge on any atom is 0.0963 e. The second kappa shape index (κ2) is 11.5. The summed E-state index contributed by atoms with van der Waals surface area (Å²) in [6.45, 7) is 6.88. The molecule has 3 nitrogen and oxygen atoms in total. The predicted molar refractivity (Wildman–Crippen MR) is 218 cm³/mol. The zero-order chi connectivity index (χ0) is 35.0. The molecule has 0 saturated carbocycles. The molecule has 2 heterocycles. The molecule has 0 aliphatic heterocycles. The first kappa shape index (κ1) is 30.4. The van der Waals surface area contributed by atoms with Crippen LogP contribution in [0.15, 0.2) is 170 Å². The molecule has 0 unspecified atom stereocenters. The van der Waals surface area contributed by atoms with E-state index in [-0.39, 0.29) is 5.41 Å². The first-order valence-corrected chi connectivity index (χ1v) is 18.1. The lowest BCUT2D eigenvalue weighted by Crippen LogP contribution is -2.15. The molecule has 52 heavy (non-hydrogen) atoms. The highest BCUT2D eigenvalue weighted by molar-refractivity contribution is 6.02. The number of fused-ring (bicyclic) bond motifs is 7. The van der Waals surface area contributed by atoms with Crippen LogP contribution in [0.1, 0.15) is 30.5 Å². The van der Waals surface area contributed by atoms with Crippen molar-refractivity contribution in [3.05, 3.63) is 187 Å².